The molecule has 0 saturated heterocycles. The molecule has 0 radical (unpaired) electrons. The maximum absolute atomic E-state index is 12.3. The van der Waals surface area contributed by atoms with Gasteiger partial charge in [0.1, 0.15) is 0 Å². The Morgan fingerprint density at radius 2 is 1.67 bits per heavy atom. The van der Waals surface area contributed by atoms with Crippen molar-refractivity contribution in [2.75, 3.05) is 0 Å². The fourth-order valence-corrected chi connectivity index (χ4v) is 3.77. The van der Waals surface area contributed by atoms with E-state index in [2.05, 4.69) is 0 Å². The number of nitro benzene ring substituents is 1. The molecule has 0 atom stereocenters. The first-order valence-electron chi connectivity index (χ1n) is 5.71. The molecule has 8 heteroatoms. The SMILES string of the molecule is O=[N+]([O-])c1ccc(Cl)c(S(=O)(=O)Cc2ccc(Cl)cc2)c1. The molecule has 0 aliphatic rings. The molecule has 0 aromatic heterocycles. The third-order valence-corrected chi connectivity index (χ3v) is 5.15. The predicted molar refractivity (Wildman–Crippen MR) is 80.4 cm³/mol. The standard InChI is InChI=1S/C13H9Cl2NO4S/c14-10-3-1-9(2-4-10)8-21(19,20)13-7-11(16(17)18)5-6-12(13)15/h1-7H,8H2. The summed E-state index contributed by atoms with van der Waals surface area (Å²) in [6, 6.07) is 9.62. The lowest BCUT2D eigenvalue weighted by Crippen LogP contribution is -2.06. The van der Waals surface area contributed by atoms with Crippen LogP contribution in [0.3, 0.4) is 0 Å². The Balaban J connectivity index is 2.41. The smallest absolute Gasteiger partial charge is 0.258 e. The van der Waals surface area contributed by atoms with Gasteiger partial charge in [0.05, 0.1) is 20.6 Å². The normalized spacial score (nSPS) is 11.3. The summed E-state index contributed by atoms with van der Waals surface area (Å²) in [5.41, 5.74) is 0.191. The minimum atomic E-state index is -3.79. The van der Waals surface area contributed by atoms with Crippen molar-refractivity contribution in [1.82, 2.24) is 0 Å². The van der Waals surface area contributed by atoms with Crippen molar-refractivity contribution in [3.8, 4) is 0 Å². The predicted octanol–water partition coefficient (Wildman–Crippen LogP) is 3.88. The Kier molecular flexibility index (Phi) is 4.51. The van der Waals surface area contributed by atoms with Crippen molar-refractivity contribution >= 4 is 38.7 Å². The van der Waals surface area contributed by atoms with Gasteiger partial charge in [0.25, 0.3) is 5.69 Å². The topological polar surface area (TPSA) is 77.3 Å². The molecule has 2 aromatic rings. The highest BCUT2D eigenvalue weighted by Crippen LogP contribution is 2.28. The minimum absolute atomic E-state index is 0.0467. The molecule has 0 amide bonds. The van der Waals surface area contributed by atoms with Crippen molar-refractivity contribution in [2.24, 2.45) is 0 Å². The number of non-ortho nitro benzene ring substituents is 1. The van der Waals surface area contributed by atoms with Crippen molar-refractivity contribution in [1.29, 1.82) is 0 Å². The quantitative estimate of drug-likeness (QED) is 0.622. The van der Waals surface area contributed by atoms with E-state index in [0.29, 0.717) is 10.6 Å². The molecule has 0 fully saturated rings. The van der Waals surface area contributed by atoms with E-state index in [1.165, 1.54) is 6.07 Å². The van der Waals surface area contributed by atoms with Crippen LogP contribution in [-0.4, -0.2) is 13.3 Å². The molecule has 0 heterocycles. The number of nitro groups is 1. The number of rotatable bonds is 4. The number of halogens is 2. The Morgan fingerprint density at radius 1 is 1.05 bits per heavy atom. The Morgan fingerprint density at radius 3 is 2.24 bits per heavy atom. The van der Waals surface area contributed by atoms with E-state index in [9.17, 15) is 18.5 Å². The minimum Gasteiger partial charge on any atom is -0.258 e. The van der Waals surface area contributed by atoms with Gasteiger partial charge in [-0.3, -0.25) is 10.1 Å². The summed E-state index contributed by atoms with van der Waals surface area (Å²) in [6.45, 7) is 0. The fraction of sp³-hybridized carbons (Fsp3) is 0.0769. The number of hydrogen-bond donors (Lipinski definition) is 0. The highest BCUT2D eigenvalue weighted by molar-refractivity contribution is 7.90. The third-order valence-electron chi connectivity index (χ3n) is 2.73. The maximum Gasteiger partial charge on any atom is 0.270 e. The first-order valence-corrected chi connectivity index (χ1v) is 8.11. The van der Waals surface area contributed by atoms with Crippen LogP contribution in [0.2, 0.25) is 10.0 Å². The van der Waals surface area contributed by atoms with Gasteiger partial charge in [-0.05, 0) is 23.8 Å². The van der Waals surface area contributed by atoms with E-state index < -0.39 is 14.8 Å². The zero-order valence-electron chi connectivity index (χ0n) is 10.5. The summed E-state index contributed by atoms with van der Waals surface area (Å²) < 4.78 is 24.7. The summed E-state index contributed by atoms with van der Waals surface area (Å²) in [5.74, 6) is -0.314. The highest BCUT2D eigenvalue weighted by atomic mass is 35.5. The Hall–Kier alpha value is -1.63. The second-order valence-electron chi connectivity index (χ2n) is 4.26. The van der Waals surface area contributed by atoms with Crippen LogP contribution in [0, 0.1) is 10.1 Å². The number of hydrogen-bond acceptors (Lipinski definition) is 4. The second-order valence-corrected chi connectivity index (χ2v) is 7.06. The van der Waals surface area contributed by atoms with E-state index in [1.807, 2.05) is 0 Å². The summed E-state index contributed by atoms with van der Waals surface area (Å²) in [5, 5.41) is 11.2. The molecule has 0 spiro atoms. The van der Waals surface area contributed by atoms with Crippen LogP contribution in [0.5, 0.6) is 0 Å². The Labute approximate surface area is 131 Å². The number of nitrogens with zero attached hydrogens (tertiary/aromatic N) is 1. The van der Waals surface area contributed by atoms with E-state index in [-0.39, 0.29) is 21.4 Å². The largest absolute Gasteiger partial charge is 0.270 e. The van der Waals surface area contributed by atoms with Gasteiger partial charge in [0.15, 0.2) is 9.84 Å². The van der Waals surface area contributed by atoms with Gasteiger partial charge in [0, 0.05) is 17.2 Å². The molecule has 0 aliphatic carbocycles. The average molecular weight is 346 g/mol. The first kappa shape index (κ1) is 15.8. The molecule has 2 rings (SSSR count). The lowest BCUT2D eigenvalue weighted by atomic mass is 10.2. The molecular formula is C13H9Cl2NO4S. The molecule has 0 bridgehead atoms. The van der Waals surface area contributed by atoms with E-state index in [0.717, 1.165) is 12.1 Å². The molecule has 0 N–H and O–H groups in total. The van der Waals surface area contributed by atoms with E-state index >= 15 is 0 Å². The van der Waals surface area contributed by atoms with Crippen LogP contribution in [0.25, 0.3) is 0 Å². The van der Waals surface area contributed by atoms with Gasteiger partial charge in [-0.15, -0.1) is 0 Å². The monoisotopic (exact) mass is 345 g/mol. The molecule has 2 aromatic carbocycles. The third kappa shape index (κ3) is 3.72. The summed E-state index contributed by atoms with van der Waals surface area (Å²) >= 11 is 11.6. The van der Waals surface area contributed by atoms with Gasteiger partial charge in [-0.25, -0.2) is 8.42 Å². The van der Waals surface area contributed by atoms with Crippen LogP contribution in [-0.2, 0) is 15.6 Å². The van der Waals surface area contributed by atoms with Crippen LogP contribution >= 0.6 is 23.2 Å². The Bertz CT molecular complexity index is 788. The van der Waals surface area contributed by atoms with Crippen molar-refractivity contribution in [3.05, 3.63) is 68.2 Å². The fourth-order valence-electron chi connectivity index (χ4n) is 1.72. The zero-order valence-corrected chi connectivity index (χ0v) is 12.8. The van der Waals surface area contributed by atoms with Gasteiger partial charge in [-0.1, -0.05) is 35.3 Å². The highest BCUT2D eigenvalue weighted by Gasteiger charge is 2.22. The summed E-state index contributed by atoms with van der Waals surface area (Å²) in [4.78, 5) is 9.81. The number of benzene rings is 2. The van der Waals surface area contributed by atoms with Crippen LogP contribution in [0.4, 0.5) is 5.69 Å². The van der Waals surface area contributed by atoms with Gasteiger partial charge >= 0.3 is 0 Å². The average Bonchev–Trinajstić information content (AvgIpc) is 2.41. The van der Waals surface area contributed by atoms with Crippen molar-refractivity contribution < 1.29 is 13.3 Å². The summed E-state index contributed by atoms with van der Waals surface area (Å²) in [6.07, 6.45) is 0. The van der Waals surface area contributed by atoms with E-state index in [4.69, 9.17) is 23.2 Å². The first-order chi connectivity index (χ1) is 9.79. The van der Waals surface area contributed by atoms with Crippen molar-refractivity contribution in [2.45, 2.75) is 10.6 Å². The van der Waals surface area contributed by atoms with E-state index in [1.54, 1.807) is 24.3 Å². The molecular weight excluding hydrogens is 337 g/mol. The molecule has 21 heavy (non-hydrogen) atoms. The maximum atomic E-state index is 12.3. The van der Waals surface area contributed by atoms with Gasteiger partial charge in [0.2, 0.25) is 0 Å². The van der Waals surface area contributed by atoms with Gasteiger partial charge in [-0.2, -0.15) is 0 Å². The van der Waals surface area contributed by atoms with Crippen molar-refractivity contribution in [3.63, 3.8) is 0 Å². The summed E-state index contributed by atoms with van der Waals surface area (Å²) in [7, 11) is -3.79. The van der Waals surface area contributed by atoms with Crippen LogP contribution in [0.15, 0.2) is 47.4 Å². The second kappa shape index (κ2) is 6.01. The molecule has 0 unspecified atom stereocenters. The lowest BCUT2D eigenvalue weighted by Gasteiger charge is -2.07. The zero-order chi connectivity index (χ0) is 15.6. The van der Waals surface area contributed by atoms with Crippen LogP contribution in [0.1, 0.15) is 5.56 Å². The number of sulfone groups is 1. The molecule has 110 valence electrons. The lowest BCUT2D eigenvalue weighted by molar-refractivity contribution is -0.385. The molecule has 0 saturated carbocycles. The van der Waals surface area contributed by atoms with Gasteiger partial charge < -0.3 is 0 Å². The van der Waals surface area contributed by atoms with Crippen LogP contribution < -0.4 is 0 Å². The molecule has 0 aliphatic heterocycles. The molecule has 5 nitrogen and oxygen atoms in total.